The Kier molecular flexibility index (Phi) is 14.4. The van der Waals surface area contributed by atoms with E-state index in [1.807, 2.05) is 15.9 Å². The van der Waals surface area contributed by atoms with Crippen LogP contribution in [0.5, 0.6) is 0 Å². The van der Waals surface area contributed by atoms with Gasteiger partial charge in [0.15, 0.2) is 0 Å². The molecule has 1 aromatic heterocycles. The Morgan fingerprint density at radius 3 is 2.44 bits per heavy atom. The van der Waals surface area contributed by atoms with Crippen LogP contribution in [0.2, 0.25) is 0 Å². The average molecular weight is 588 g/mol. The molecule has 2 amide bonds. The molecule has 0 aliphatic carbocycles. The molecule has 2 aromatic rings. The molecule has 41 heavy (non-hydrogen) atoms. The standard InChI is InChI=1S/C27H34N5O2P.C3H8.CH2F2/c1-3-26(33)31-12-7-10-21-24(30(2)16-19-8-5-4-6-9-19)11-13-32(25(21)17-31)27(34)22-15-29-20(18-35)14-23(22)28;1-3-2;2-1-3/h3-6,8-9,14-15,25H,1,7,10-13,16-18,35H2,2H3,(H2,28,29);3H2,1-2H3;1H2. The van der Waals surface area contributed by atoms with E-state index in [0.29, 0.717) is 37.0 Å². The van der Waals surface area contributed by atoms with Crippen molar-refractivity contribution in [2.75, 3.05) is 39.3 Å². The lowest BCUT2D eigenvalue weighted by Crippen LogP contribution is -2.51. The molecule has 0 bridgehead atoms. The first-order valence-corrected chi connectivity index (χ1v) is 14.8. The van der Waals surface area contributed by atoms with E-state index in [4.69, 9.17) is 5.73 Å². The highest BCUT2D eigenvalue weighted by Crippen LogP contribution is 2.34. The average Bonchev–Trinajstić information content (AvgIpc) is 3.20. The maximum Gasteiger partial charge on any atom is 0.258 e. The molecule has 0 saturated carbocycles. The van der Waals surface area contributed by atoms with E-state index in [9.17, 15) is 18.4 Å². The zero-order valence-corrected chi connectivity index (χ0v) is 25.6. The van der Waals surface area contributed by atoms with Gasteiger partial charge in [0.2, 0.25) is 12.8 Å². The largest absolute Gasteiger partial charge is 0.398 e. The van der Waals surface area contributed by atoms with E-state index in [2.05, 4.69) is 70.9 Å². The first kappa shape index (κ1) is 33.9. The molecule has 2 aliphatic heterocycles. The molecule has 1 aromatic carbocycles. The lowest BCUT2D eigenvalue weighted by atomic mass is 9.92. The van der Waals surface area contributed by atoms with Crippen LogP contribution in [0.3, 0.4) is 0 Å². The molecule has 2 atom stereocenters. The summed E-state index contributed by atoms with van der Waals surface area (Å²) in [7, 11) is 4.74. The highest BCUT2D eigenvalue weighted by Gasteiger charge is 2.38. The fourth-order valence-corrected chi connectivity index (χ4v) is 5.35. The summed E-state index contributed by atoms with van der Waals surface area (Å²) < 4.78 is 19.2. The topological polar surface area (TPSA) is 82.8 Å². The summed E-state index contributed by atoms with van der Waals surface area (Å²) in [4.78, 5) is 36.7. The van der Waals surface area contributed by atoms with Gasteiger partial charge in [-0.05, 0) is 36.1 Å². The van der Waals surface area contributed by atoms with E-state index in [0.717, 1.165) is 31.5 Å². The van der Waals surface area contributed by atoms with E-state index >= 15 is 0 Å². The number of rotatable bonds is 6. The molecule has 2 unspecified atom stereocenters. The number of likely N-dealkylation sites (tertiary alicyclic amines) is 1. The SMILES string of the molecule is C=CC(=O)N1CCCC2=C(N(C)Cc3ccccc3)CCN(C(=O)c3cnc(CP)cc3N)C2C1.CCC.FCF. The Labute approximate surface area is 245 Å². The first-order valence-electron chi connectivity index (χ1n) is 14.0. The maximum atomic E-state index is 13.7. The van der Waals surface area contributed by atoms with E-state index in [-0.39, 0.29) is 17.9 Å². The van der Waals surface area contributed by atoms with Crippen molar-refractivity contribution in [3.63, 3.8) is 0 Å². The summed E-state index contributed by atoms with van der Waals surface area (Å²) in [6, 6.07) is 11.9. The van der Waals surface area contributed by atoms with Gasteiger partial charge in [0.1, 0.15) is 0 Å². The second-order valence-corrected chi connectivity index (χ2v) is 10.4. The molecule has 1 saturated heterocycles. The third kappa shape index (κ3) is 9.35. The number of hydrogen-bond acceptors (Lipinski definition) is 5. The molecule has 1 fully saturated rings. The molecule has 224 valence electrons. The molecular formula is C31H44F2N5O2P. The van der Waals surface area contributed by atoms with Crippen LogP contribution in [0.25, 0.3) is 0 Å². The maximum absolute atomic E-state index is 13.7. The summed E-state index contributed by atoms with van der Waals surface area (Å²) >= 11 is 0. The molecule has 2 aliphatic rings. The molecule has 10 heteroatoms. The van der Waals surface area contributed by atoms with Gasteiger partial charge < -0.3 is 20.4 Å². The number of benzene rings is 1. The highest BCUT2D eigenvalue weighted by molar-refractivity contribution is 7.15. The van der Waals surface area contributed by atoms with Crippen LogP contribution in [0, 0.1) is 0 Å². The number of alkyl halides is 2. The number of fused-ring (bicyclic) bond motifs is 1. The summed E-state index contributed by atoms with van der Waals surface area (Å²) in [6.07, 6.45) is 7.31. The van der Waals surface area contributed by atoms with Gasteiger partial charge >= 0.3 is 0 Å². The first-order chi connectivity index (χ1) is 19.8. The van der Waals surface area contributed by atoms with Crippen molar-refractivity contribution in [3.05, 3.63) is 83.3 Å². The van der Waals surface area contributed by atoms with Gasteiger partial charge in [-0.25, -0.2) is 8.78 Å². The van der Waals surface area contributed by atoms with Gasteiger partial charge in [-0.2, -0.15) is 0 Å². The van der Waals surface area contributed by atoms with Gasteiger partial charge in [0.25, 0.3) is 5.91 Å². The molecule has 0 spiro atoms. The van der Waals surface area contributed by atoms with Crippen LogP contribution in [0.4, 0.5) is 14.5 Å². The Hall–Kier alpha value is -3.32. The monoisotopic (exact) mass is 587 g/mol. The quantitative estimate of drug-likeness (QED) is 0.344. The third-order valence-corrected chi connectivity index (χ3v) is 7.33. The van der Waals surface area contributed by atoms with Crippen LogP contribution in [-0.4, -0.2) is 71.2 Å². The Morgan fingerprint density at radius 1 is 1.20 bits per heavy atom. The minimum absolute atomic E-state index is 0.102. The summed E-state index contributed by atoms with van der Waals surface area (Å²) in [5.74, 6) is -0.236. The predicted octanol–water partition coefficient (Wildman–Crippen LogP) is 5.75. The number of hydrogen-bond donors (Lipinski definition) is 1. The van der Waals surface area contributed by atoms with Crippen molar-refractivity contribution in [3.8, 4) is 0 Å². The lowest BCUT2D eigenvalue weighted by Gasteiger charge is -2.42. The number of carbonyl (C=O) groups excluding carboxylic acids is 2. The van der Waals surface area contributed by atoms with Crippen LogP contribution < -0.4 is 5.73 Å². The van der Waals surface area contributed by atoms with E-state index < -0.39 is 6.93 Å². The van der Waals surface area contributed by atoms with Crippen molar-refractivity contribution in [2.24, 2.45) is 0 Å². The summed E-state index contributed by atoms with van der Waals surface area (Å²) in [6.45, 7) is 8.62. The highest BCUT2D eigenvalue weighted by atomic mass is 31.0. The van der Waals surface area contributed by atoms with Crippen molar-refractivity contribution < 1.29 is 18.4 Å². The zero-order chi connectivity index (χ0) is 30.4. The minimum atomic E-state index is -1.75. The second kappa shape index (κ2) is 17.5. The predicted molar refractivity (Wildman–Crippen MR) is 165 cm³/mol. The minimum Gasteiger partial charge on any atom is -0.398 e. The van der Waals surface area contributed by atoms with Crippen molar-refractivity contribution >= 4 is 26.7 Å². The molecule has 0 radical (unpaired) electrons. The van der Waals surface area contributed by atoms with E-state index in [1.54, 1.807) is 12.3 Å². The number of pyridine rings is 1. The number of anilines is 1. The van der Waals surface area contributed by atoms with Crippen LogP contribution in [-0.2, 0) is 17.5 Å². The Bertz CT molecular complexity index is 1180. The third-order valence-electron chi connectivity index (χ3n) is 6.91. The number of aromatic nitrogens is 1. The van der Waals surface area contributed by atoms with Crippen molar-refractivity contribution in [1.29, 1.82) is 0 Å². The van der Waals surface area contributed by atoms with Gasteiger partial charge in [0, 0.05) is 69.1 Å². The van der Waals surface area contributed by atoms with Gasteiger partial charge in [-0.3, -0.25) is 14.6 Å². The number of nitrogens with two attached hydrogens (primary N) is 1. The van der Waals surface area contributed by atoms with Crippen molar-refractivity contribution in [2.45, 2.75) is 58.3 Å². The molecule has 4 rings (SSSR count). The Morgan fingerprint density at radius 2 is 1.85 bits per heavy atom. The summed E-state index contributed by atoms with van der Waals surface area (Å²) in [5, 5.41) is 0. The van der Waals surface area contributed by atoms with Gasteiger partial charge in [0.05, 0.1) is 11.6 Å². The molecule has 7 nitrogen and oxygen atoms in total. The number of halogens is 2. The second-order valence-electron chi connectivity index (χ2n) is 9.95. The zero-order valence-electron chi connectivity index (χ0n) is 24.5. The fraction of sp³-hybridized carbons (Fsp3) is 0.452. The number of amides is 2. The molecule has 2 N–H and O–H groups in total. The van der Waals surface area contributed by atoms with E-state index in [1.165, 1.54) is 29.3 Å². The fourth-order valence-electron chi connectivity index (χ4n) is 5.13. The number of nitrogens with zero attached hydrogens (tertiary/aromatic N) is 4. The number of carbonyl (C=O) groups is 2. The molecular weight excluding hydrogens is 543 g/mol. The van der Waals surface area contributed by atoms with Gasteiger partial charge in [-0.15, -0.1) is 9.24 Å². The van der Waals surface area contributed by atoms with Crippen molar-refractivity contribution in [1.82, 2.24) is 19.7 Å². The lowest BCUT2D eigenvalue weighted by molar-refractivity contribution is -0.126. The Balaban J connectivity index is 0.000000901. The van der Waals surface area contributed by atoms with Crippen LogP contribution >= 0.6 is 9.24 Å². The smallest absolute Gasteiger partial charge is 0.258 e. The number of nitrogen functional groups attached to an aromatic ring is 1. The summed E-state index contributed by atoms with van der Waals surface area (Å²) in [5.41, 5.74) is 11.7. The normalized spacial score (nSPS) is 16.3. The van der Waals surface area contributed by atoms with Gasteiger partial charge in [-0.1, -0.05) is 57.2 Å². The molecule has 3 heterocycles. The van der Waals surface area contributed by atoms with Crippen LogP contribution in [0.15, 0.2) is 66.5 Å². The van der Waals surface area contributed by atoms with Crippen LogP contribution in [0.1, 0.15) is 61.1 Å².